The minimum absolute atomic E-state index is 0.300. The first kappa shape index (κ1) is 8.18. The van der Waals surface area contributed by atoms with Crippen molar-refractivity contribution in [3.8, 4) is 6.07 Å². The Morgan fingerprint density at radius 1 is 1.23 bits per heavy atom. The van der Waals surface area contributed by atoms with Gasteiger partial charge in [0.1, 0.15) is 17.4 Å². The van der Waals surface area contributed by atoms with E-state index in [9.17, 15) is 0 Å². The van der Waals surface area contributed by atoms with Gasteiger partial charge in [-0.1, -0.05) is 6.42 Å². The van der Waals surface area contributed by atoms with Gasteiger partial charge in [0.2, 0.25) is 5.88 Å². The fourth-order valence-corrected chi connectivity index (χ4v) is 1.89. The average Bonchev–Trinajstić information content (AvgIpc) is 2.32. The van der Waals surface area contributed by atoms with Gasteiger partial charge >= 0.3 is 0 Å². The zero-order chi connectivity index (χ0) is 9.26. The Hall–Kier alpha value is -1.43. The summed E-state index contributed by atoms with van der Waals surface area (Å²) in [6.07, 6.45) is 5.38. The van der Waals surface area contributed by atoms with Crippen LogP contribution in [0.3, 0.4) is 0 Å². The molecule has 0 aromatic carbocycles. The van der Waals surface area contributed by atoms with Crippen molar-refractivity contribution in [2.45, 2.75) is 32.1 Å². The highest BCUT2D eigenvalue weighted by Gasteiger charge is 2.19. The molecule has 3 nitrogen and oxygen atoms in total. The molecule has 1 aliphatic carbocycles. The number of rotatable bonds is 0. The van der Waals surface area contributed by atoms with E-state index in [1.54, 1.807) is 0 Å². The molecule has 2 rings (SSSR count). The van der Waals surface area contributed by atoms with Crippen molar-refractivity contribution in [3.05, 3.63) is 16.9 Å². The number of fused-ring (bicyclic) bond motifs is 1. The minimum atomic E-state index is 0.300. The lowest BCUT2D eigenvalue weighted by Crippen LogP contribution is -1.89. The van der Waals surface area contributed by atoms with Gasteiger partial charge in [0.25, 0.3) is 0 Å². The Morgan fingerprint density at radius 2 is 2.00 bits per heavy atom. The molecule has 0 radical (unpaired) electrons. The van der Waals surface area contributed by atoms with Crippen LogP contribution < -0.4 is 5.73 Å². The Balaban J connectivity index is 2.48. The number of nitrogens with zero attached hydrogens (tertiary/aromatic N) is 1. The first-order chi connectivity index (χ1) is 6.33. The quantitative estimate of drug-likeness (QED) is 0.615. The number of hydrogen-bond donors (Lipinski definition) is 1. The topological polar surface area (TPSA) is 63.0 Å². The number of nitriles is 1. The van der Waals surface area contributed by atoms with Crippen LogP contribution in [-0.2, 0) is 12.8 Å². The SMILES string of the molecule is N#Cc1c(N)oc2c1CCCCC2. The number of nitrogens with two attached hydrogens (primary N) is 1. The number of anilines is 1. The van der Waals surface area contributed by atoms with Crippen LogP contribution in [0.5, 0.6) is 0 Å². The molecule has 1 heterocycles. The van der Waals surface area contributed by atoms with Gasteiger partial charge in [-0.15, -0.1) is 0 Å². The van der Waals surface area contributed by atoms with Gasteiger partial charge in [-0.2, -0.15) is 5.26 Å². The molecule has 0 saturated carbocycles. The van der Waals surface area contributed by atoms with Crippen LogP contribution in [0.25, 0.3) is 0 Å². The number of aryl methyl sites for hydroxylation is 1. The zero-order valence-corrected chi connectivity index (χ0v) is 7.47. The maximum Gasteiger partial charge on any atom is 0.208 e. The standard InChI is InChI=1S/C10H12N2O/c11-6-8-7-4-2-1-3-5-9(7)13-10(8)12/h1-5,12H2. The Bertz CT molecular complexity index is 360. The summed E-state index contributed by atoms with van der Waals surface area (Å²) in [5.41, 5.74) is 7.21. The molecule has 2 N–H and O–H groups in total. The molecule has 0 atom stereocenters. The third kappa shape index (κ3) is 1.29. The summed E-state index contributed by atoms with van der Waals surface area (Å²) in [5, 5.41) is 8.87. The third-order valence-corrected chi connectivity index (χ3v) is 2.56. The van der Waals surface area contributed by atoms with Crippen LogP contribution in [0.1, 0.15) is 36.1 Å². The van der Waals surface area contributed by atoms with Crippen molar-refractivity contribution < 1.29 is 4.42 Å². The van der Waals surface area contributed by atoms with Crippen molar-refractivity contribution in [3.63, 3.8) is 0 Å². The van der Waals surface area contributed by atoms with Gasteiger partial charge < -0.3 is 10.2 Å². The highest BCUT2D eigenvalue weighted by atomic mass is 16.4. The molecule has 0 unspecified atom stereocenters. The molecule has 0 fully saturated rings. The summed E-state index contributed by atoms with van der Waals surface area (Å²) in [7, 11) is 0. The summed E-state index contributed by atoms with van der Waals surface area (Å²) in [6, 6.07) is 2.11. The molecule has 3 heteroatoms. The van der Waals surface area contributed by atoms with Crippen LogP contribution in [-0.4, -0.2) is 0 Å². The summed E-state index contributed by atoms with van der Waals surface area (Å²) in [5.74, 6) is 1.24. The van der Waals surface area contributed by atoms with Gasteiger partial charge in [0, 0.05) is 12.0 Å². The number of nitrogen functional groups attached to an aromatic ring is 1. The first-order valence-corrected chi connectivity index (χ1v) is 4.63. The molecule has 0 amide bonds. The Kier molecular flexibility index (Phi) is 1.97. The monoisotopic (exact) mass is 176 g/mol. The predicted octanol–water partition coefficient (Wildman–Crippen LogP) is 2.00. The van der Waals surface area contributed by atoms with Crippen molar-refractivity contribution in [1.29, 1.82) is 5.26 Å². The molecule has 0 spiro atoms. The zero-order valence-electron chi connectivity index (χ0n) is 7.47. The molecule has 1 aromatic heterocycles. The lowest BCUT2D eigenvalue weighted by atomic mass is 10.1. The van der Waals surface area contributed by atoms with Crippen molar-refractivity contribution in [2.75, 3.05) is 5.73 Å². The summed E-state index contributed by atoms with van der Waals surface area (Å²) < 4.78 is 5.36. The normalized spacial score (nSPS) is 15.9. The van der Waals surface area contributed by atoms with E-state index in [0.717, 1.165) is 37.0 Å². The maximum absolute atomic E-state index is 8.87. The molecule has 1 aromatic rings. The lowest BCUT2D eigenvalue weighted by Gasteiger charge is -1.93. The Morgan fingerprint density at radius 3 is 2.77 bits per heavy atom. The van der Waals surface area contributed by atoms with E-state index in [2.05, 4.69) is 6.07 Å². The van der Waals surface area contributed by atoms with Crippen molar-refractivity contribution in [2.24, 2.45) is 0 Å². The van der Waals surface area contributed by atoms with Crippen molar-refractivity contribution in [1.82, 2.24) is 0 Å². The lowest BCUT2D eigenvalue weighted by molar-refractivity contribution is 0.517. The predicted molar refractivity (Wildman–Crippen MR) is 49.1 cm³/mol. The summed E-state index contributed by atoms with van der Waals surface area (Å²) in [6.45, 7) is 0. The molecule has 0 aliphatic heterocycles. The van der Waals surface area contributed by atoms with Crippen LogP contribution in [0.4, 0.5) is 5.88 Å². The van der Waals surface area contributed by atoms with Crippen LogP contribution in [0.2, 0.25) is 0 Å². The summed E-state index contributed by atoms with van der Waals surface area (Å²) >= 11 is 0. The molecular formula is C10H12N2O. The van der Waals surface area contributed by atoms with E-state index < -0.39 is 0 Å². The fraction of sp³-hybridized carbons (Fsp3) is 0.500. The van der Waals surface area contributed by atoms with Gasteiger partial charge in [0.15, 0.2) is 0 Å². The summed E-state index contributed by atoms with van der Waals surface area (Å²) in [4.78, 5) is 0. The van der Waals surface area contributed by atoms with Crippen LogP contribution in [0.15, 0.2) is 4.42 Å². The van der Waals surface area contributed by atoms with Crippen LogP contribution in [0, 0.1) is 11.3 Å². The minimum Gasteiger partial charge on any atom is -0.444 e. The molecule has 68 valence electrons. The second-order valence-electron chi connectivity index (χ2n) is 3.42. The largest absolute Gasteiger partial charge is 0.444 e. The van der Waals surface area contributed by atoms with Crippen LogP contribution >= 0.6 is 0 Å². The Labute approximate surface area is 77.1 Å². The van der Waals surface area contributed by atoms with E-state index in [1.165, 1.54) is 6.42 Å². The van der Waals surface area contributed by atoms with Crippen molar-refractivity contribution >= 4 is 5.88 Å². The maximum atomic E-state index is 8.87. The number of hydrogen-bond acceptors (Lipinski definition) is 3. The van der Waals surface area contributed by atoms with E-state index in [0.29, 0.717) is 11.4 Å². The highest BCUT2D eigenvalue weighted by Crippen LogP contribution is 2.29. The molecule has 0 saturated heterocycles. The first-order valence-electron chi connectivity index (χ1n) is 4.63. The molecular weight excluding hydrogens is 164 g/mol. The molecule has 1 aliphatic rings. The fourth-order valence-electron chi connectivity index (χ4n) is 1.89. The van der Waals surface area contributed by atoms with E-state index in [-0.39, 0.29) is 0 Å². The molecule has 0 bridgehead atoms. The number of furan rings is 1. The average molecular weight is 176 g/mol. The highest BCUT2D eigenvalue weighted by molar-refractivity contribution is 5.54. The second-order valence-corrected chi connectivity index (χ2v) is 3.42. The van der Waals surface area contributed by atoms with E-state index in [4.69, 9.17) is 15.4 Å². The van der Waals surface area contributed by atoms with Gasteiger partial charge in [-0.3, -0.25) is 0 Å². The smallest absolute Gasteiger partial charge is 0.208 e. The van der Waals surface area contributed by atoms with E-state index >= 15 is 0 Å². The molecule has 13 heavy (non-hydrogen) atoms. The van der Waals surface area contributed by atoms with Gasteiger partial charge in [-0.05, 0) is 19.3 Å². The third-order valence-electron chi connectivity index (χ3n) is 2.56. The van der Waals surface area contributed by atoms with E-state index in [1.807, 2.05) is 0 Å². The van der Waals surface area contributed by atoms with Gasteiger partial charge in [0.05, 0.1) is 0 Å². The second kappa shape index (κ2) is 3.14. The van der Waals surface area contributed by atoms with Gasteiger partial charge in [-0.25, -0.2) is 0 Å².